The highest BCUT2D eigenvalue weighted by molar-refractivity contribution is 8.14. The van der Waals surface area contributed by atoms with Crippen LogP contribution in [0.2, 0.25) is 0 Å². The van der Waals surface area contributed by atoms with E-state index in [-0.39, 0.29) is 17.6 Å². The lowest BCUT2D eigenvalue weighted by Crippen LogP contribution is -2.32. The summed E-state index contributed by atoms with van der Waals surface area (Å²) in [6.45, 7) is 7.95. The van der Waals surface area contributed by atoms with Crippen molar-refractivity contribution in [3.8, 4) is 5.75 Å². The van der Waals surface area contributed by atoms with Gasteiger partial charge in [0, 0.05) is 5.69 Å². The van der Waals surface area contributed by atoms with Crippen molar-refractivity contribution in [1.29, 1.82) is 0 Å². The van der Waals surface area contributed by atoms with Gasteiger partial charge in [-0.2, -0.15) is 0 Å². The number of carbonyl (C=O) groups excluding carboxylic acids is 2. The molecule has 1 heterocycles. The quantitative estimate of drug-likeness (QED) is 0.420. The van der Waals surface area contributed by atoms with Gasteiger partial charge in [-0.3, -0.25) is 14.5 Å². The summed E-state index contributed by atoms with van der Waals surface area (Å²) < 4.78 is 5.23. The van der Waals surface area contributed by atoms with Gasteiger partial charge < -0.3 is 10.1 Å². The van der Waals surface area contributed by atoms with Gasteiger partial charge in [0.15, 0.2) is 5.17 Å². The number of nitrogens with one attached hydrogen (secondary N) is 1. The molecule has 2 amide bonds. The normalized spacial score (nSPS) is 14.2. The Bertz CT molecular complexity index is 1350. The van der Waals surface area contributed by atoms with Crippen molar-refractivity contribution in [2.75, 3.05) is 23.1 Å². The van der Waals surface area contributed by atoms with Crippen molar-refractivity contribution in [1.82, 2.24) is 0 Å². The van der Waals surface area contributed by atoms with Gasteiger partial charge in [-0.15, -0.1) is 0 Å². The van der Waals surface area contributed by atoms with Gasteiger partial charge in [-0.05, 0) is 74.2 Å². The fraction of sp³-hybridized carbons (Fsp3) is 0.207. The van der Waals surface area contributed by atoms with Crippen LogP contribution in [0.3, 0.4) is 0 Å². The van der Waals surface area contributed by atoms with Crippen molar-refractivity contribution < 1.29 is 14.3 Å². The van der Waals surface area contributed by atoms with E-state index in [0.29, 0.717) is 10.9 Å². The number of nitrogens with zero attached hydrogens (tertiary/aromatic N) is 2. The summed E-state index contributed by atoms with van der Waals surface area (Å²) in [5.41, 5.74) is 6.79. The molecule has 0 unspecified atom stereocenters. The summed E-state index contributed by atoms with van der Waals surface area (Å²) in [5.74, 6) is 0.482. The summed E-state index contributed by atoms with van der Waals surface area (Å²) in [5, 5.41) is 3.43. The first-order valence-corrected chi connectivity index (χ1v) is 12.6. The maximum Gasteiger partial charge on any atom is 0.283 e. The SMILES string of the molecule is COc1ccc(C=C2N=C(SCC(=O)Nc3ccccc3C)N(c3c(C)cc(C)cc3C)C2=O)cc1. The van der Waals surface area contributed by atoms with E-state index in [1.54, 1.807) is 18.1 Å². The number of benzene rings is 3. The summed E-state index contributed by atoms with van der Waals surface area (Å²) in [7, 11) is 1.61. The molecule has 184 valence electrons. The topological polar surface area (TPSA) is 71.0 Å². The largest absolute Gasteiger partial charge is 0.497 e. The van der Waals surface area contributed by atoms with Gasteiger partial charge in [0.1, 0.15) is 11.4 Å². The van der Waals surface area contributed by atoms with Crippen molar-refractivity contribution >= 4 is 46.2 Å². The summed E-state index contributed by atoms with van der Waals surface area (Å²) in [4.78, 5) is 32.7. The minimum Gasteiger partial charge on any atom is -0.497 e. The number of rotatable bonds is 6. The van der Waals surface area contributed by atoms with Crippen LogP contribution in [0.4, 0.5) is 11.4 Å². The molecule has 1 aliphatic rings. The first-order chi connectivity index (χ1) is 17.3. The van der Waals surface area contributed by atoms with E-state index in [2.05, 4.69) is 10.3 Å². The van der Waals surface area contributed by atoms with E-state index >= 15 is 0 Å². The maximum atomic E-state index is 13.6. The number of aryl methyl sites for hydroxylation is 4. The van der Waals surface area contributed by atoms with E-state index in [0.717, 1.165) is 44.9 Å². The molecule has 7 heteroatoms. The zero-order chi connectivity index (χ0) is 25.8. The monoisotopic (exact) mass is 499 g/mol. The van der Waals surface area contributed by atoms with Crippen LogP contribution in [0.25, 0.3) is 6.08 Å². The lowest BCUT2D eigenvalue weighted by atomic mass is 10.0. The third-order valence-corrected chi connectivity index (χ3v) is 6.80. The molecule has 0 aromatic heterocycles. The second-order valence-electron chi connectivity index (χ2n) is 8.74. The Morgan fingerprint density at radius 1 is 1.00 bits per heavy atom. The van der Waals surface area contributed by atoms with E-state index < -0.39 is 0 Å². The van der Waals surface area contributed by atoms with E-state index in [4.69, 9.17) is 4.74 Å². The molecule has 0 bridgehead atoms. The molecule has 0 spiro atoms. The van der Waals surface area contributed by atoms with Crippen molar-refractivity contribution in [3.63, 3.8) is 0 Å². The molecule has 0 radical (unpaired) electrons. The molecule has 0 fully saturated rings. The Kier molecular flexibility index (Phi) is 7.60. The predicted molar refractivity (Wildman–Crippen MR) is 149 cm³/mol. The number of hydrogen-bond donors (Lipinski definition) is 1. The number of amides is 2. The number of thioether (sulfide) groups is 1. The van der Waals surface area contributed by atoms with Crippen LogP contribution in [-0.4, -0.2) is 29.8 Å². The second kappa shape index (κ2) is 10.8. The molecule has 1 N–H and O–H groups in total. The molecule has 0 aliphatic carbocycles. The van der Waals surface area contributed by atoms with Crippen molar-refractivity contribution in [2.45, 2.75) is 27.7 Å². The highest BCUT2D eigenvalue weighted by Crippen LogP contribution is 2.34. The number of aliphatic imine (C=N–C) groups is 1. The molecule has 0 saturated carbocycles. The number of para-hydroxylation sites is 1. The van der Waals surface area contributed by atoms with Crippen molar-refractivity contribution in [3.05, 3.63) is 94.2 Å². The lowest BCUT2D eigenvalue weighted by molar-refractivity contribution is -0.114. The van der Waals surface area contributed by atoms with Crippen LogP contribution in [0.15, 0.2) is 71.4 Å². The van der Waals surface area contributed by atoms with Gasteiger partial charge in [0.25, 0.3) is 5.91 Å². The van der Waals surface area contributed by atoms with Crippen LogP contribution in [0, 0.1) is 27.7 Å². The van der Waals surface area contributed by atoms with E-state index in [9.17, 15) is 9.59 Å². The Balaban J connectivity index is 1.64. The third-order valence-electron chi connectivity index (χ3n) is 5.86. The summed E-state index contributed by atoms with van der Waals surface area (Å²) >= 11 is 1.25. The molecule has 0 saturated heterocycles. The van der Waals surface area contributed by atoms with Gasteiger partial charge in [-0.1, -0.05) is 59.8 Å². The Hall–Kier alpha value is -3.84. The van der Waals surface area contributed by atoms with Crippen molar-refractivity contribution in [2.24, 2.45) is 4.99 Å². The zero-order valence-electron chi connectivity index (χ0n) is 21.1. The standard InChI is InChI=1S/C29H29N3O3S/c1-18-14-20(3)27(21(4)15-18)32-28(34)25(16-22-10-12-23(35-5)13-11-22)31-29(32)36-17-26(33)30-24-9-7-6-8-19(24)2/h6-16H,17H2,1-5H3,(H,30,33). The number of carbonyl (C=O) groups is 2. The van der Waals surface area contributed by atoms with Crippen LogP contribution in [0.1, 0.15) is 27.8 Å². The molecule has 1 aliphatic heterocycles. The maximum absolute atomic E-state index is 13.6. The van der Waals surface area contributed by atoms with Crippen LogP contribution in [-0.2, 0) is 9.59 Å². The third kappa shape index (κ3) is 5.52. The van der Waals surface area contributed by atoms with Gasteiger partial charge in [-0.25, -0.2) is 4.99 Å². The minimum absolute atomic E-state index is 0.122. The van der Waals surface area contributed by atoms with Gasteiger partial charge >= 0.3 is 0 Å². The smallest absolute Gasteiger partial charge is 0.283 e. The van der Waals surface area contributed by atoms with Crippen LogP contribution < -0.4 is 15.0 Å². The minimum atomic E-state index is -0.220. The van der Waals surface area contributed by atoms with E-state index in [1.807, 2.05) is 88.4 Å². The number of anilines is 2. The number of ether oxygens (including phenoxy) is 1. The molecule has 3 aromatic rings. The molecular formula is C29H29N3O3S. The molecule has 3 aromatic carbocycles. The molecule has 6 nitrogen and oxygen atoms in total. The van der Waals surface area contributed by atoms with Gasteiger partial charge in [0.2, 0.25) is 5.91 Å². The second-order valence-corrected chi connectivity index (χ2v) is 9.68. The molecular weight excluding hydrogens is 470 g/mol. The summed E-state index contributed by atoms with van der Waals surface area (Å²) in [6.07, 6.45) is 1.76. The summed E-state index contributed by atoms with van der Waals surface area (Å²) in [6, 6.07) is 19.2. The molecule has 0 atom stereocenters. The lowest BCUT2D eigenvalue weighted by Gasteiger charge is -2.22. The average Bonchev–Trinajstić information content (AvgIpc) is 3.14. The molecule has 36 heavy (non-hydrogen) atoms. The fourth-order valence-corrected chi connectivity index (χ4v) is 5.00. The Morgan fingerprint density at radius 2 is 1.67 bits per heavy atom. The van der Waals surface area contributed by atoms with Crippen LogP contribution in [0.5, 0.6) is 5.75 Å². The highest BCUT2D eigenvalue weighted by Gasteiger charge is 2.34. The Morgan fingerprint density at radius 3 is 2.31 bits per heavy atom. The number of amidine groups is 1. The molecule has 4 rings (SSSR count). The number of hydrogen-bond acceptors (Lipinski definition) is 5. The average molecular weight is 500 g/mol. The van der Waals surface area contributed by atoms with E-state index in [1.165, 1.54) is 11.8 Å². The fourth-order valence-electron chi connectivity index (χ4n) is 4.20. The number of methoxy groups -OCH3 is 1. The predicted octanol–water partition coefficient (Wildman–Crippen LogP) is 6.04. The van der Waals surface area contributed by atoms with Gasteiger partial charge in [0.05, 0.1) is 18.6 Å². The van der Waals surface area contributed by atoms with Crippen LogP contribution >= 0.6 is 11.8 Å². The highest BCUT2D eigenvalue weighted by atomic mass is 32.2. The first kappa shape index (κ1) is 25.3. The zero-order valence-corrected chi connectivity index (χ0v) is 21.9. The first-order valence-electron chi connectivity index (χ1n) is 11.6. The Labute approximate surface area is 216 Å².